The summed E-state index contributed by atoms with van der Waals surface area (Å²) in [6, 6.07) is 9.33. The molecule has 6 heteroatoms. The maximum Gasteiger partial charge on any atom is 0.407 e. The number of hydrogen-bond donors (Lipinski definition) is 3. The number of aliphatic hydroxyl groups is 1. The Hall–Kier alpha value is -1.92. The van der Waals surface area contributed by atoms with Crippen molar-refractivity contribution in [3.63, 3.8) is 0 Å². The summed E-state index contributed by atoms with van der Waals surface area (Å²) in [6.45, 7) is 7.09. The number of benzene rings is 1. The minimum Gasteiger partial charge on any atom is -0.445 e. The van der Waals surface area contributed by atoms with E-state index in [-0.39, 0.29) is 30.4 Å². The van der Waals surface area contributed by atoms with E-state index in [9.17, 15) is 14.7 Å². The minimum atomic E-state index is -0.654. The van der Waals surface area contributed by atoms with Gasteiger partial charge in [0.05, 0.1) is 12.0 Å². The van der Waals surface area contributed by atoms with Crippen molar-refractivity contribution in [1.29, 1.82) is 0 Å². The number of alkyl carbamates (subject to hydrolysis) is 1. The van der Waals surface area contributed by atoms with Crippen molar-refractivity contribution >= 4 is 11.9 Å². The van der Waals surface area contributed by atoms with Gasteiger partial charge >= 0.3 is 6.09 Å². The van der Waals surface area contributed by atoms with E-state index in [0.717, 1.165) is 31.2 Å². The van der Waals surface area contributed by atoms with Gasteiger partial charge in [-0.3, -0.25) is 4.79 Å². The van der Waals surface area contributed by atoms with Crippen LogP contribution in [0.3, 0.4) is 0 Å². The van der Waals surface area contributed by atoms with E-state index in [1.165, 1.54) is 0 Å². The first-order chi connectivity index (χ1) is 13.9. The van der Waals surface area contributed by atoms with Gasteiger partial charge in [-0.15, -0.1) is 0 Å². The van der Waals surface area contributed by atoms with E-state index in [2.05, 4.69) is 31.4 Å². The fourth-order valence-electron chi connectivity index (χ4n) is 3.55. The summed E-state index contributed by atoms with van der Waals surface area (Å²) in [4.78, 5) is 23.7. The van der Waals surface area contributed by atoms with Crippen molar-refractivity contribution < 1.29 is 19.4 Å². The number of hydrogen-bond acceptors (Lipinski definition) is 5. The molecule has 2 unspecified atom stereocenters. The monoisotopic (exact) mass is 404 g/mol. The first-order valence-corrected chi connectivity index (χ1v) is 10.8. The van der Waals surface area contributed by atoms with Gasteiger partial charge in [0.1, 0.15) is 12.4 Å². The Bertz CT molecular complexity index is 635. The lowest BCUT2D eigenvalue weighted by Crippen LogP contribution is -2.49. The van der Waals surface area contributed by atoms with E-state index in [0.29, 0.717) is 18.9 Å². The third kappa shape index (κ3) is 8.54. The maximum atomic E-state index is 12.3. The molecule has 6 nitrogen and oxygen atoms in total. The van der Waals surface area contributed by atoms with Crippen LogP contribution in [0.4, 0.5) is 4.79 Å². The third-order valence-corrected chi connectivity index (χ3v) is 5.28. The number of carbonyl (C=O) groups is 2. The number of Topliss-reactive ketones (excluding diaryl/α,β-unsaturated/α-hetero) is 1. The second-order valence-electron chi connectivity index (χ2n) is 8.46. The van der Waals surface area contributed by atoms with E-state index in [4.69, 9.17) is 4.74 Å². The molecule has 3 N–H and O–H groups in total. The zero-order chi connectivity index (χ0) is 21.2. The molecule has 29 heavy (non-hydrogen) atoms. The standard InChI is InChI=1S/C23H36N2O4/c1-4-5-11-20(22(27)19-13-21(19)26)24-14-18(12-16(2)3)25-23(28)29-15-17-9-7-6-8-10-17/h6-10,16,18-20,22,24,27H,4-5,11-15H2,1-3H3,(H,25,28)/t18-,19?,20+,22?/m1/s1. The molecule has 1 aromatic rings. The molecule has 0 radical (unpaired) electrons. The van der Waals surface area contributed by atoms with Crippen LogP contribution >= 0.6 is 0 Å². The lowest BCUT2D eigenvalue weighted by molar-refractivity contribution is -0.112. The maximum absolute atomic E-state index is 12.3. The molecule has 1 saturated carbocycles. The zero-order valence-corrected chi connectivity index (χ0v) is 17.9. The van der Waals surface area contributed by atoms with Gasteiger partial charge in [0.15, 0.2) is 0 Å². The smallest absolute Gasteiger partial charge is 0.407 e. The molecule has 1 aliphatic carbocycles. The van der Waals surface area contributed by atoms with Crippen LogP contribution in [0.2, 0.25) is 0 Å². The van der Waals surface area contributed by atoms with Crippen LogP contribution in [-0.4, -0.2) is 41.7 Å². The van der Waals surface area contributed by atoms with Crippen LogP contribution < -0.4 is 10.6 Å². The number of rotatable bonds is 13. The Kier molecular flexibility index (Phi) is 9.61. The summed E-state index contributed by atoms with van der Waals surface area (Å²) in [6.07, 6.45) is 3.01. The molecule has 4 atom stereocenters. The highest BCUT2D eigenvalue weighted by molar-refractivity contribution is 5.96. The first kappa shape index (κ1) is 23.4. The number of carbonyl (C=O) groups excluding carboxylic acids is 2. The van der Waals surface area contributed by atoms with Gasteiger partial charge in [-0.25, -0.2) is 4.79 Å². The summed E-state index contributed by atoms with van der Waals surface area (Å²) >= 11 is 0. The largest absolute Gasteiger partial charge is 0.445 e. The summed E-state index contributed by atoms with van der Waals surface area (Å²) in [5.41, 5.74) is 0.943. The number of ketones is 1. The number of aliphatic hydroxyl groups excluding tert-OH is 1. The van der Waals surface area contributed by atoms with Gasteiger partial charge in [0.25, 0.3) is 0 Å². The van der Waals surface area contributed by atoms with Crippen LogP contribution in [0.15, 0.2) is 30.3 Å². The van der Waals surface area contributed by atoms with E-state index >= 15 is 0 Å². The number of unbranched alkanes of at least 4 members (excludes halogenated alkanes) is 1. The average Bonchev–Trinajstić information content (AvgIpc) is 3.43. The molecule has 0 spiro atoms. The van der Waals surface area contributed by atoms with Crippen molar-refractivity contribution in [1.82, 2.24) is 10.6 Å². The average molecular weight is 405 g/mol. The number of nitrogens with one attached hydrogen (secondary N) is 2. The fraction of sp³-hybridized carbons (Fsp3) is 0.652. The van der Waals surface area contributed by atoms with Gasteiger partial charge in [0.2, 0.25) is 0 Å². The lowest BCUT2D eigenvalue weighted by Gasteiger charge is -2.27. The highest BCUT2D eigenvalue weighted by atomic mass is 16.5. The zero-order valence-electron chi connectivity index (χ0n) is 17.9. The van der Waals surface area contributed by atoms with E-state index < -0.39 is 12.2 Å². The van der Waals surface area contributed by atoms with Crippen LogP contribution in [0.1, 0.15) is 58.4 Å². The van der Waals surface area contributed by atoms with Crippen LogP contribution in [-0.2, 0) is 16.1 Å². The molecule has 0 heterocycles. The van der Waals surface area contributed by atoms with Crippen molar-refractivity contribution in [2.45, 2.75) is 77.7 Å². The summed E-state index contributed by atoms with van der Waals surface area (Å²) in [5.74, 6) is 0.319. The minimum absolute atomic E-state index is 0.107. The number of amides is 1. The highest BCUT2D eigenvalue weighted by Crippen LogP contribution is 2.30. The molecule has 2 rings (SSSR count). The van der Waals surface area contributed by atoms with Gasteiger partial charge in [-0.05, 0) is 24.3 Å². The fourth-order valence-corrected chi connectivity index (χ4v) is 3.55. The number of ether oxygens (including phenoxy) is 1. The second kappa shape index (κ2) is 11.9. The van der Waals surface area contributed by atoms with Gasteiger partial charge in [-0.2, -0.15) is 0 Å². The predicted molar refractivity (Wildman–Crippen MR) is 113 cm³/mol. The quantitative estimate of drug-likeness (QED) is 0.469. The molecule has 1 amide bonds. The molecule has 0 saturated heterocycles. The molecular formula is C23H36N2O4. The van der Waals surface area contributed by atoms with Crippen molar-refractivity contribution in [3.05, 3.63) is 35.9 Å². The van der Waals surface area contributed by atoms with Crippen molar-refractivity contribution in [2.24, 2.45) is 11.8 Å². The van der Waals surface area contributed by atoms with E-state index in [1.54, 1.807) is 0 Å². The van der Waals surface area contributed by atoms with Crippen molar-refractivity contribution in [2.75, 3.05) is 6.54 Å². The van der Waals surface area contributed by atoms with Gasteiger partial charge in [0, 0.05) is 25.0 Å². The topological polar surface area (TPSA) is 87.7 Å². The summed E-state index contributed by atoms with van der Waals surface area (Å²) in [5, 5.41) is 16.9. The Morgan fingerprint density at radius 2 is 1.97 bits per heavy atom. The first-order valence-electron chi connectivity index (χ1n) is 10.8. The molecule has 1 aromatic carbocycles. The Balaban J connectivity index is 1.86. The van der Waals surface area contributed by atoms with Crippen LogP contribution in [0, 0.1) is 11.8 Å². The normalized spacial score (nSPS) is 18.9. The lowest BCUT2D eigenvalue weighted by atomic mass is 9.99. The predicted octanol–water partition coefficient (Wildman–Crippen LogP) is 3.43. The summed E-state index contributed by atoms with van der Waals surface area (Å²) < 4.78 is 5.35. The van der Waals surface area contributed by atoms with Crippen molar-refractivity contribution in [3.8, 4) is 0 Å². The molecule has 0 bridgehead atoms. The van der Waals surface area contributed by atoms with Crippen LogP contribution in [0.5, 0.6) is 0 Å². The SMILES string of the molecule is CCCC[C@H](NC[C@@H](CC(C)C)NC(=O)OCc1ccccc1)C(O)C1CC1=O. The summed E-state index contributed by atoms with van der Waals surface area (Å²) in [7, 11) is 0. The third-order valence-electron chi connectivity index (χ3n) is 5.28. The molecule has 0 aliphatic heterocycles. The second-order valence-corrected chi connectivity index (χ2v) is 8.46. The van der Waals surface area contributed by atoms with Gasteiger partial charge < -0.3 is 20.5 Å². The molecule has 1 aliphatic rings. The molecular weight excluding hydrogens is 368 g/mol. The molecule has 162 valence electrons. The molecule has 1 fully saturated rings. The highest BCUT2D eigenvalue weighted by Gasteiger charge is 2.43. The van der Waals surface area contributed by atoms with Crippen LogP contribution in [0.25, 0.3) is 0 Å². The Morgan fingerprint density at radius 1 is 1.28 bits per heavy atom. The Labute approximate surface area is 174 Å². The van der Waals surface area contributed by atoms with E-state index in [1.807, 2.05) is 30.3 Å². The molecule has 0 aromatic heterocycles. The Morgan fingerprint density at radius 3 is 2.55 bits per heavy atom. The van der Waals surface area contributed by atoms with Gasteiger partial charge in [-0.1, -0.05) is 63.9 Å².